The van der Waals surface area contributed by atoms with Crippen LogP contribution < -0.4 is 15.4 Å². The van der Waals surface area contributed by atoms with E-state index in [1.807, 2.05) is 0 Å². The summed E-state index contributed by atoms with van der Waals surface area (Å²) >= 11 is 2.06. The molecule has 0 aromatic heterocycles. The third-order valence-electron chi connectivity index (χ3n) is 6.56. The fourth-order valence-corrected chi connectivity index (χ4v) is 5.20. The van der Waals surface area contributed by atoms with Crippen LogP contribution in [0.5, 0.6) is 11.5 Å². The molecule has 0 saturated heterocycles. The van der Waals surface area contributed by atoms with E-state index in [-0.39, 0.29) is 5.75 Å². The smallest absolute Gasteiger partial charge is 0.309 e. The van der Waals surface area contributed by atoms with Gasteiger partial charge in [-0.3, -0.25) is 9.59 Å². The molecule has 0 saturated carbocycles. The maximum absolute atomic E-state index is 11.9. The van der Waals surface area contributed by atoms with Gasteiger partial charge in [-0.2, -0.15) is 11.8 Å². The van der Waals surface area contributed by atoms with Gasteiger partial charge in [0.1, 0.15) is 11.5 Å². The van der Waals surface area contributed by atoms with E-state index in [4.69, 9.17) is 4.74 Å². The summed E-state index contributed by atoms with van der Waals surface area (Å²) in [6.07, 6.45) is 20.2. The monoisotopic (exact) mass is 550 g/mol. The minimum atomic E-state index is -0.501. The van der Waals surface area contributed by atoms with E-state index in [1.54, 1.807) is 24.3 Å². The molecule has 3 N–H and O–H groups in total. The Morgan fingerprint density at radius 2 is 1.11 bits per heavy atom. The summed E-state index contributed by atoms with van der Waals surface area (Å²) in [6, 6.07) is 6.85. The fraction of sp³-hybridized carbons (Fsp3) is 0.742. The van der Waals surface area contributed by atoms with Crippen molar-refractivity contribution in [3.05, 3.63) is 24.3 Å². The Morgan fingerprint density at radius 3 is 1.63 bits per heavy atom. The minimum absolute atomic E-state index is 0.259. The lowest BCUT2D eigenvalue weighted by atomic mass is 10.1. The molecule has 38 heavy (non-hydrogen) atoms. The lowest BCUT2D eigenvalue weighted by molar-refractivity contribution is -0.139. The highest BCUT2D eigenvalue weighted by Gasteiger charge is 2.11. The molecule has 1 rings (SSSR count). The van der Waals surface area contributed by atoms with E-state index in [9.17, 15) is 14.7 Å². The van der Waals surface area contributed by atoms with Crippen LogP contribution in [-0.2, 0) is 9.59 Å². The van der Waals surface area contributed by atoms with Crippen molar-refractivity contribution in [1.29, 1.82) is 0 Å². The number of ether oxygens (including phenoxy) is 1. The number of aromatic hydroxyl groups is 1. The van der Waals surface area contributed by atoms with Gasteiger partial charge < -0.3 is 20.5 Å². The number of unbranched alkanes of at least 4 members (excludes halogenated alkanes) is 14. The van der Waals surface area contributed by atoms with Gasteiger partial charge >= 0.3 is 11.8 Å². The molecule has 6 nitrogen and oxygen atoms in total. The number of hydrogen-bond donors (Lipinski definition) is 3. The maximum atomic E-state index is 11.9. The number of carbonyl (C=O) groups excluding carboxylic acids is 2. The summed E-state index contributed by atoms with van der Waals surface area (Å²) in [5.74, 6) is 2.58. The Hall–Kier alpha value is -1.89. The lowest BCUT2D eigenvalue weighted by Gasteiger charge is -2.07. The fourth-order valence-electron chi connectivity index (χ4n) is 4.18. The largest absolute Gasteiger partial charge is 0.508 e. The summed E-state index contributed by atoms with van der Waals surface area (Å²) in [5, 5.41) is 14.8. The number of carbonyl (C=O) groups is 2. The Balaban J connectivity index is 1.79. The summed E-state index contributed by atoms with van der Waals surface area (Å²) < 4.78 is 5.66. The van der Waals surface area contributed by atoms with E-state index in [0.29, 0.717) is 19.7 Å². The van der Waals surface area contributed by atoms with Crippen LogP contribution in [0.2, 0.25) is 0 Å². The van der Waals surface area contributed by atoms with Crippen molar-refractivity contribution in [2.75, 3.05) is 31.2 Å². The molecule has 0 heterocycles. The van der Waals surface area contributed by atoms with Crippen LogP contribution in [0.1, 0.15) is 116 Å². The molecule has 7 heteroatoms. The highest BCUT2D eigenvalue weighted by atomic mass is 32.2. The van der Waals surface area contributed by atoms with Gasteiger partial charge in [0.15, 0.2) is 0 Å². The molecule has 0 fully saturated rings. The zero-order valence-electron chi connectivity index (χ0n) is 23.9. The van der Waals surface area contributed by atoms with Crippen molar-refractivity contribution in [2.24, 2.45) is 0 Å². The van der Waals surface area contributed by atoms with Crippen LogP contribution in [0, 0.1) is 0 Å². The number of rotatable bonds is 25. The second-order valence-corrected chi connectivity index (χ2v) is 11.3. The molecule has 1 aromatic rings. The van der Waals surface area contributed by atoms with Crippen LogP contribution in [0.15, 0.2) is 24.3 Å². The molecule has 1 aromatic carbocycles. The quantitative estimate of drug-likeness (QED) is 0.0873. The Labute approximate surface area is 236 Å². The first-order valence-corrected chi connectivity index (χ1v) is 16.3. The Morgan fingerprint density at radius 1 is 0.658 bits per heavy atom. The number of phenolic OH excluding ortho intramolecular Hbond substituents is 1. The molecule has 0 unspecified atom stereocenters. The van der Waals surface area contributed by atoms with Gasteiger partial charge in [0.25, 0.3) is 0 Å². The van der Waals surface area contributed by atoms with Gasteiger partial charge in [0.2, 0.25) is 0 Å². The molecule has 0 spiro atoms. The van der Waals surface area contributed by atoms with Gasteiger partial charge in [-0.15, -0.1) is 0 Å². The molecule has 2 amide bonds. The topological polar surface area (TPSA) is 87.7 Å². The molecular formula is C31H54N2O4S. The number of phenols is 1. The Kier molecular flexibility index (Phi) is 22.8. The molecule has 0 bridgehead atoms. The number of nitrogens with one attached hydrogen (secondary N) is 2. The zero-order chi connectivity index (χ0) is 27.5. The van der Waals surface area contributed by atoms with Crippen molar-refractivity contribution in [2.45, 2.75) is 116 Å². The summed E-state index contributed by atoms with van der Waals surface area (Å²) in [4.78, 5) is 23.8. The number of thioether (sulfide) groups is 1. The van der Waals surface area contributed by atoms with Gasteiger partial charge in [0, 0.05) is 13.1 Å². The second kappa shape index (κ2) is 25.4. The SMILES string of the molecule is CCCCCCSCCCCCCNC(=O)C(=O)NCCCCCCCCCCCOc1ccc(O)cc1. The van der Waals surface area contributed by atoms with E-state index < -0.39 is 11.8 Å². The standard InChI is InChI=1S/C31H54N2O4S/c1-2-3-4-17-26-38-27-18-13-11-15-24-33-31(36)30(35)32-23-14-10-8-6-5-7-9-12-16-25-37-29-21-19-28(34)20-22-29/h19-22,34H,2-18,23-27H2,1H3,(H,32,35)(H,33,36). The second-order valence-electron chi connectivity index (χ2n) is 10.1. The van der Waals surface area contributed by atoms with Crippen LogP contribution in [0.3, 0.4) is 0 Å². The molecule has 0 aliphatic heterocycles. The van der Waals surface area contributed by atoms with E-state index >= 15 is 0 Å². The van der Waals surface area contributed by atoms with Crippen LogP contribution in [0.25, 0.3) is 0 Å². The molecule has 0 radical (unpaired) electrons. The summed E-state index contributed by atoms with van der Waals surface area (Å²) in [6.45, 7) is 4.12. The van der Waals surface area contributed by atoms with Gasteiger partial charge in [-0.1, -0.05) is 84.0 Å². The molecule has 0 aliphatic carbocycles. The predicted octanol–water partition coefficient (Wildman–Crippen LogP) is 7.39. The van der Waals surface area contributed by atoms with Gasteiger partial charge in [-0.05, 0) is 67.9 Å². The lowest BCUT2D eigenvalue weighted by Crippen LogP contribution is -2.40. The third-order valence-corrected chi connectivity index (χ3v) is 7.72. The average molecular weight is 551 g/mol. The normalized spacial score (nSPS) is 10.9. The van der Waals surface area contributed by atoms with Crippen molar-refractivity contribution in [3.8, 4) is 11.5 Å². The van der Waals surface area contributed by atoms with E-state index in [2.05, 4.69) is 29.3 Å². The van der Waals surface area contributed by atoms with Gasteiger partial charge in [-0.25, -0.2) is 0 Å². The number of benzene rings is 1. The van der Waals surface area contributed by atoms with Crippen molar-refractivity contribution in [1.82, 2.24) is 10.6 Å². The van der Waals surface area contributed by atoms with Crippen LogP contribution >= 0.6 is 11.8 Å². The maximum Gasteiger partial charge on any atom is 0.309 e. The van der Waals surface area contributed by atoms with Crippen molar-refractivity contribution < 1.29 is 19.4 Å². The third kappa shape index (κ3) is 21.1. The highest BCUT2D eigenvalue weighted by Crippen LogP contribution is 2.17. The predicted molar refractivity (Wildman–Crippen MR) is 161 cm³/mol. The average Bonchev–Trinajstić information content (AvgIpc) is 2.92. The number of amides is 2. The van der Waals surface area contributed by atoms with Gasteiger partial charge in [0.05, 0.1) is 6.61 Å². The Bertz CT molecular complexity index is 700. The first kappa shape index (κ1) is 34.1. The van der Waals surface area contributed by atoms with Crippen LogP contribution in [-0.4, -0.2) is 48.1 Å². The van der Waals surface area contributed by atoms with E-state index in [1.165, 1.54) is 88.6 Å². The van der Waals surface area contributed by atoms with E-state index in [0.717, 1.165) is 37.9 Å². The number of hydrogen-bond acceptors (Lipinski definition) is 5. The molecule has 0 aliphatic rings. The summed E-state index contributed by atoms with van der Waals surface area (Å²) in [7, 11) is 0. The summed E-state index contributed by atoms with van der Waals surface area (Å²) in [5.41, 5.74) is 0. The molecule has 218 valence electrons. The highest BCUT2D eigenvalue weighted by molar-refractivity contribution is 7.99. The first-order valence-electron chi connectivity index (χ1n) is 15.2. The minimum Gasteiger partial charge on any atom is -0.508 e. The first-order chi connectivity index (χ1) is 18.6. The van der Waals surface area contributed by atoms with Crippen LogP contribution in [0.4, 0.5) is 0 Å². The molecule has 0 atom stereocenters. The molecular weight excluding hydrogens is 496 g/mol. The van der Waals surface area contributed by atoms with Crippen molar-refractivity contribution in [3.63, 3.8) is 0 Å². The van der Waals surface area contributed by atoms with Crippen molar-refractivity contribution >= 4 is 23.6 Å². The zero-order valence-corrected chi connectivity index (χ0v) is 24.8.